The van der Waals surface area contributed by atoms with E-state index in [0.29, 0.717) is 0 Å². The fraction of sp³-hybridized carbons (Fsp3) is 0.125. The van der Waals surface area contributed by atoms with Gasteiger partial charge >= 0.3 is 0 Å². The first-order valence-corrected chi connectivity index (χ1v) is 6.12. The second kappa shape index (κ2) is 4.86. The number of carbonyl (C=O) groups excluding carboxylic acids is 1. The smallest absolute Gasteiger partial charge is 0.244 e. The molecule has 17 heavy (non-hydrogen) atoms. The summed E-state index contributed by atoms with van der Waals surface area (Å²) in [4.78, 5) is 9.71. The largest absolute Gasteiger partial charge is 0.399 e. The molecule has 94 valence electrons. The molecule has 0 heterocycles. The zero-order valence-corrected chi connectivity index (χ0v) is 9.98. The van der Waals surface area contributed by atoms with E-state index in [-0.39, 0.29) is 5.69 Å². The van der Waals surface area contributed by atoms with Crippen molar-refractivity contribution in [2.75, 3.05) is 12.3 Å². The van der Waals surface area contributed by atoms with E-state index in [1.165, 1.54) is 0 Å². The summed E-state index contributed by atoms with van der Waals surface area (Å²) in [6.07, 6.45) is 0. The van der Waals surface area contributed by atoms with Gasteiger partial charge in [0, 0.05) is 5.69 Å². The van der Waals surface area contributed by atoms with E-state index in [1.807, 2.05) is 4.72 Å². The fourth-order valence-electron chi connectivity index (χ4n) is 1.02. The maximum absolute atomic E-state index is 13.5. The van der Waals surface area contributed by atoms with Crippen molar-refractivity contribution in [2.24, 2.45) is 5.73 Å². The van der Waals surface area contributed by atoms with Crippen LogP contribution < -0.4 is 16.2 Å². The van der Waals surface area contributed by atoms with E-state index >= 15 is 0 Å². The first kappa shape index (κ1) is 13.7. The number of nitrogen functional groups attached to an aromatic ring is 1. The van der Waals surface area contributed by atoms with Crippen LogP contribution in [0.1, 0.15) is 0 Å². The van der Waals surface area contributed by atoms with Gasteiger partial charge in [0.15, 0.2) is 5.82 Å². The Balaban J connectivity index is 3.19. The van der Waals surface area contributed by atoms with E-state index < -0.39 is 38.2 Å². The monoisotopic (exact) mass is 281 g/mol. The van der Waals surface area contributed by atoms with Gasteiger partial charge in [-0.3, -0.25) is 4.79 Å². The highest BCUT2D eigenvalue weighted by molar-refractivity contribution is 7.89. The number of rotatable bonds is 4. The van der Waals surface area contributed by atoms with Gasteiger partial charge in [-0.05, 0) is 12.1 Å². The molecule has 0 atom stereocenters. The van der Waals surface area contributed by atoms with Crippen molar-refractivity contribution in [3.05, 3.63) is 23.0 Å². The summed E-state index contributed by atoms with van der Waals surface area (Å²) >= 11 is 5.45. The predicted molar refractivity (Wildman–Crippen MR) is 60.2 cm³/mol. The van der Waals surface area contributed by atoms with Gasteiger partial charge in [-0.15, -0.1) is 0 Å². The second-order valence-corrected chi connectivity index (χ2v) is 5.25. The normalized spacial score (nSPS) is 11.4. The van der Waals surface area contributed by atoms with Crippen LogP contribution in [-0.2, 0) is 14.8 Å². The first-order chi connectivity index (χ1) is 7.74. The van der Waals surface area contributed by atoms with Gasteiger partial charge in [-0.2, -0.15) is 0 Å². The third-order valence-corrected chi connectivity index (χ3v) is 3.42. The number of hydrogen-bond acceptors (Lipinski definition) is 4. The Morgan fingerprint density at radius 2 is 2.06 bits per heavy atom. The Morgan fingerprint density at radius 1 is 1.47 bits per heavy atom. The summed E-state index contributed by atoms with van der Waals surface area (Å²) in [5, 5.41) is -0.426. The van der Waals surface area contributed by atoms with Crippen molar-refractivity contribution in [2.45, 2.75) is 4.90 Å². The molecule has 0 saturated carbocycles. The Hall–Kier alpha value is -1.38. The number of sulfonamides is 1. The van der Waals surface area contributed by atoms with Crippen LogP contribution in [0.15, 0.2) is 17.0 Å². The van der Waals surface area contributed by atoms with Crippen molar-refractivity contribution >= 4 is 33.2 Å². The van der Waals surface area contributed by atoms with E-state index in [0.717, 1.165) is 12.1 Å². The number of halogens is 2. The zero-order valence-electron chi connectivity index (χ0n) is 8.41. The zero-order chi connectivity index (χ0) is 13.2. The minimum Gasteiger partial charge on any atom is -0.399 e. The van der Waals surface area contributed by atoms with Crippen LogP contribution in [0.5, 0.6) is 0 Å². The first-order valence-electron chi connectivity index (χ1n) is 4.26. The Kier molecular flexibility index (Phi) is 3.91. The van der Waals surface area contributed by atoms with Crippen LogP contribution in [0.3, 0.4) is 0 Å². The number of hydrogen-bond donors (Lipinski definition) is 3. The number of nitrogens with one attached hydrogen (secondary N) is 1. The Bertz CT molecular complexity index is 561. The molecule has 0 aliphatic rings. The maximum atomic E-state index is 13.5. The minimum absolute atomic E-state index is 0.0177. The van der Waals surface area contributed by atoms with Crippen molar-refractivity contribution in [3.63, 3.8) is 0 Å². The molecule has 1 aromatic rings. The quantitative estimate of drug-likeness (QED) is 0.664. The van der Waals surface area contributed by atoms with Gasteiger partial charge in [-0.25, -0.2) is 17.5 Å². The van der Waals surface area contributed by atoms with E-state index in [1.54, 1.807) is 0 Å². The van der Waals surface area contributed by atoms with Gasteiger partial charge in [0.2, 0.25) is 15.9 Å². The lowest BCUT2D eigenvalue weighted by Crippen LogP contribution is -2.33. The molecule has 0 radical (unpaired) electrons. The molecule has 0 fully saturated rings. The number of anilines is 1. The molecule has 0 aromatic heterocycles. The lowest BCUT2D eigenvalue weighted by Gasteiger charge is -2.08. The molecule has 0 saturated heterocycles. The molecule has 0 aliphatic carbocycles. The second-order valence-electron chi connectivity index (χ2n) is 3.11. The third-order valence-electron chi connectivity index (χ3n) is 1.74. The van der Waals surface area contributed by atoms with Crippen molar-refractivity contribution < 1.29 is 17.6 Å². The van der Waals surface area contributed by atoms with Crippen LogP contribution in [0.2, 0.25) is 5.02 Å². The van der Waals surface area contributed by atoms with Gasteiger partial charge in [0.1, 0.15) is 4.90 Å². The van der Waals surface area contributed by atoms with E-state index in [9.17, 15) is 17.6 Å². The predicted octanol–water partition coefficient (Wildman–Crippen LogP) is -0.175. The summed E-state index contributed by atoms with van der Waals surface area (Å²) in [5.74, 6) is -2.04. The molecular weight excluding hydrogens is 273 g/mol. The average Bonchev–Trinajstić information content (AvgIpc) is 2.20. The number of nitrogens with two attached hydrogens (primary N) is 2. The third kappa shape index (κ3) is 3.29. The van der Waals surface area contributed by atoms with Crippen LogP contribution in [0, 0.1) is 5.82 Å². The lowest BCUT2D eigenvalue weighted by molar-refractivity contribution is -0.116. The lowest BCUT2D eigenvalue weighted by atomic mass is 10.3. The standard InChI is InChI=1S/C8H9ClFN3O3S/c9-5-1-4(11)2-6(8(5)10)17(15,16)13-3-7(12)14/h1-2,13H,3,11H2,(H2,12,14). The number of primary amides is 1. The summed E-state index contributed by atoms with van der Waals surface area (Å²) in [7, 11) is -4.22. The SMILES string of the molecule is NC(=O)CNS(=O)(=O)c1cc(N)cc(Cl)c1F. The van der Waals surface area contributed by atoms with Crippen LogP contribution in [0.4, 0.5) is 10.1 Å². The maximum Gasteiger partial charge on any atom is 0.244 e. The van der Waals surface area contributed by atoms with Gasteiger partial charge in [0.25, 0.3) is 0 Å². The average molecular weight is 282 g/mol. The highest BCUT2D eigenvalue weighted by atomic mass is 35.5. The van der Waals surface area contributed by atoms with Crippen LogP contribution in [0.25, 0.3) is 0 Å². The molecule has 0 bridgehead atoms. The molecule has 6 nitrogen and oxygen atoms in total. The Morgan fingerprint density at radius 3 is 2.59 bits per heavy atom. The number of carbonyl (C=O) groups is 1. The van der Waals surface area contributed by atoms with Crippen LogP contribution in [-0.4, -0.2) is 20.9 Å². The van der Waals surface area contributed by atoms with Crippen molar-refractivity contribution in [1.82, 2.24) is 4.72 Å². The van der Waals surface area contributed by atoms with E-state index in [2.05, 4.69) is 0 Å². The molecule has 1 aromatic carbocycles. The van der Waals surface area contributed by atoms with Crippen molar-refractivity contribution in [1.29, 1.82) is 0 Å². The summed E-state index contributed by atoms with van der Waals surface area (Å²) in [5.41, 5.74) is 10.1. The highest BCUT2D eigenvalue weighted by Crippen LogP contribution is 2.25. The fourth-order valence-corrected chi connectivity index (χ4v) is 2.43. The molecule has 5 N–H and O–H groups in total. The van der Waals surface area contributed by atoms with Gasteiger partial charge < -0.3 is 11.5 Å². The van der Waals surface area contributed by atoms with Gasteiger partial charge in [-0.1, -0.05) is 11.6 Å². The molecule has 0 spiro atoms. The molecule has 0 unspecified atom stereocenters. The molecule has 1 rings (SSSR count). The number of benzene rings is 1. The van der Waals surface area contributed by atoms with Gasteiger partial charge in [0.05, 0.1) is 11.6 Å². The molecular formula is C8H9ClFN3O3S. The molecule has 1 amide bonds. The number of amides is 1. The Labute approximate surface area is 102 Å². The van der Waals surface area contributed by atoms with Crippen molar-refractivity contribution in [3.8, 4) is 0 Å². The summed E-state index contributed by atoms with van der Waals surface area (Å²) in [6.45, 7) is -0.645. The molecule has 9 heteroatoms. The van der Waals surface area contributed by atoms with Crippen LogP contribution >= 0.6 is 11.6 Å². The van der Waals surface area contributed by atoms with E-state index in [4.69, 9.17) is 23.1 Å². The topological polar surface area (TPSA) is 115 Å². The summed E-state index contributed by atoms with van der Waals surface area (Å²) < 4.78 is 38.5. The molecule has 0 aliphatic heterocycles. The highest BCUT2D eigenvalue weighted by Gasteiger charge is 2.22. The minimum atomic E-state index is -4.22. The summed E-state index contributed by atoms with van der Waals surface area (Å²) in [6, 6.07) is 1.97.